The van der Waals surface area contributed by atoms with Gasteiger partial charge in [0.25, 0.3) is 0 Å². The predicted molar refractivity (Wildman–Crippen MR) is 74.4 cm³/mol. The molecule has 0 radical (unpaired) electrons. The predicted octanol–water partition coefficient (Wildman–Crippen LogP) is 3.86. The van der Waals surface area contributed by atoms with E-state index in [1.807, 2.05) is 0 Å². The minimum atomic E-state index is 0.460. The van der Waals surface area contributed by atoms with Crippen molar-refractivity contribution in [2.45, 2.75) is 65.3 Å². The van der Waals surface area contributed by atoms with Gasteiger partial charge in [0.15, 0.2) is 0 Å². The molecular weight excluding hydrogens is 230 g/mol. The number of nitrogens with zero attached hydrogens (tertiary/aromatic N) is 2. The molecule has 4 heteroatoms. The molecule has 17 heavy (non-hydrogen) atoms. The zero-order valence-electron chi connectivity index (χ0n) is 11.3. The molecule has 0 saturated carbocycles. The van der Waals surface area contributed by atoms with Crippen molar-refractivity contribution in [2.75, 3.05) is 6.54 Å². The van der Waals surface area contributed by atoms with Crippen molar-refractivity contribution in [3.8, 4) is 0 Å². The zero-order chi connectivity index (χ0) is 12.5. The maximum atomic E-state index is 4.11. The first-order chi connectivity index (χ1) is 8.29. The van der Waals surface area contributed by atoms with E-state index in [1.165, 1.54) is 43.4 Å². The fraction of sp³-hybridized carbons (Fsp3) is 0.846. The first-order valence-corrected chi connectivity index (χ1v) is 7.59. The van der Waals surface area contributed by atoms with Crippen molar-refractivity contribution in [2.24, 2.45) is 0 Å². The summed E-state index contributed by atoms with van der Waals surface area (Å²) in [5.41, 5.74) is 1.09. The van der Waals surface area contributed by atoms with Crippen molar-refractivity contribution >= 4 is 11.5 Å². The number of rotatable bonds is 9. The smallest absolute Gasteiger partial charge is 0.0772 e. The Morgan fingerprint density at radius 3 is 2.53 bits per heavy atom. The lowest BCUT2D eigenvalue weighted by Crippen LogP contribution is -2.20. The van der Waals surface area contributed by atoms with Crippen LogP contribution in [0.2, 0.25) is 0 Å². The lowest BCUT2D eigenvalue weighted by molar-refractivity contribution is 0.482. The van der Waals surface area contributed by atoms with Crippen LogP contribution in [0, 0.1) is 6.92 Å². The molecule has 0 bridgehead atoms. The summed E-state index contributed by atoms with van der Waals surface area (Å²) < 4.78 is 4.03. The molecule has 0 amide bonds. The van der Waals surface area contributed by atoms with E-state index in [0.717, 1.165) is 12.2 Å². The van der Waals surface area contributed by atoms with Crippen LogP contribution >= 0.6 is 11.5 Å². The maximum absolute atomic E-state index is 4.11. The van der Waals surface area contributed by atoms with E-state index < -0.39 is 0 Å². The Balaban J connectivity index is 2.36. The highest BCUT2D eigenvalue weighted by Crippen LogP contribution is 2.25. The Bertz CT molecular complexity index is 299. The topological polar surface area (TPSA) is 37.8 Å². The van der Waals surface area contributed by atoms with E-state index in [0.29, 0.717) is 6.04 Å². The summed E-state index contributed by atoms with van der Waals surface area (Å²) in [6.07, 6.45) is 7.91. The second kappa shape index (κ2) is 8.59. The van der Waals surface area contributed by atoms with Gasteiger partial charge in [0, 0.05) is 6.04 Å². The molecule has 1 rings (SSSR count). The number of hydrogen-bond acceptors (Lipinski definition) is 4. The molecular formula is C13H25N3S. The van der Waals surface area contributed by atoms with Gasteiger partial charge in [0.05, 0.1) is 10.6 Å². The molecule has 3 nitrogen and oxygen atoms in total. The number of unbranched alkanes of at least 4 members (excludes halogenated alkanes) is 4. The van der Waals surface area contributed by atoms with E-state index in [1.54, 1.807) is 11.5 Å². The average molecular weight is 255 g/mol. The van der Waals surface area contributed by atoms with E-state index in [9.17, 15) is 0 Å². The van der Waals surface area contributed by atoms with Gasteiger partial charge in [-0.1, -0.05) is 50.4 Å². The first-order valence-electron chi connectivity index (χ1n) is 6.81. The molecule has 98 valence electrons. The Hall–Kier alpha value is -0.480. The number of nitrogens with one attached hydrogen (secondary N) is 1. The molecule has 0 aliphatic carbocycles. The van der Waals surface area contributed by atoms with Crippen LogP contribution in [0.3, 0.4) is 0 Å². The molecule has 0 aromatic carbocycles. The number of aryl methyl sites for hydroxylation is 1. The Labute approximate surface area is 109 Å². The highest BCUT2D eigenvalue weighted by molar-refractivity contribution is 7.05. The highest BCUT2D eigenvalue weighted by atomic mass is 32.1. The second-order valence-corrected chi connectivity index (χ2v) is 5.32. The summed E-state index contributed by atoms with van der Waals surface area (Å²) in [5.74, 6) is 0. The molecule has 1 N–H and O–H groups in total. The average Bonchev–Trinajstić information content (AvgIpc) is 2.74. The van der Waals surface area contributed by atoms with Gasteiger partial charge in [0.1, 0.15) is 0 Å². The Morgan fingerprint density at radius 2 is 1.94 bits per heavy atom. The summed E-state index contributed by atoms with van der Waals surface area (Å²) >= 11 is 1.54. The first kappa shape index (κ1) is 14.6. The Kier molecular flexibility index (Phi) is 7.37. The van der Waals surface area contributed by atoms with Gasteiger partial charge in [0.2, 0.25) is 0 Å². The maximum Gasteiger partial charge on any atom is 0.0772 e. The fourth-order valence-electron chi connectivity index (χ4n) is 2.08. The fourth-order valence-corrected chi connectivity index (χ4v) is 2.83. The molecule has 1 aromatic rings. The molecule has 1 heterocycles. The monoisotopic (exact) mass is 255 g/mol. The normalized spacial score (nSPS) is 12.9. The van der Waals surface area contributed by atoms with Crippen molar-refractivity contribution in [3.63, 3.8) is 0 Å². The third kappa shape index (κ3) is 5.13. The summed E-state index contributed by atoms with van der Waals surface area (Å²) in [7, 11) is 0. The van der Waals surface area contributed by atoms with Gasteiger partial charge >= 0.3 is 0 Å². The van der Waals surface area contributed by atoms with E-state index in [2.05, 4.69) is 35.7 Å². The minimum Gasteiger partial charge on any atom is -0.309 e. The lowest BCUT2D eigenvalue weighted by atomic mass is 10.0. The van der Waals surface area contributed by atoms with Crippen LogP contribution in [0.25, 0.3) is 0 Å². The molecule has 1 aromatic heterocycles. The standard InChI is InChI=1S/C13H25N3S/c1-4-6-7-8-9-10-12(14-5-2)13-11(3)15-16-17-13/h12,14H,4-10H2,1-3H3. The van der Waals surface area contributed by atoms with Crippen LogP contribution in [0.15, 0.2) is 0 Å². The van der Waals surface area contributed by atoms with Crippen LogP contribution < -0.4 is 5.32 Å². The molecule has 0 saturated heterocycles. The highest BCUT2D eigenvalue weighted by Gasteiger charge is 2.15. The minimum absolute atomic E-state index is 0.460. The second-order valence-electron chi connectivity index (χ2n) is 4.54. The molecule has 0 aliphatic rings. The summed E-state index contributed by atoms with van der Waals surface area (Å²) in [4.78, 5) is 1.32. The molecule has 1 atom stereocenters. The van der Waals surface area contributed by atoms with E-state index in [-0.39, 0.29) is 0 Å². The zero-order valence-corrected chi connectivity index (χ0v) is 12.1. The summed E-state index contributed by atoms with van der Waals surface area (Å²) in [6, 6.07) is 0.460. The SMILES string of the molecule is CCCCCCCC(NCC)c1snnc1C. The van der Waals surface area contributed by atoms with Crippen LogP contribution in [0.5, 0.6) is 0 Å². The molecule has 0 spiro atoms. The van der Waals surface area contributed by atoms with Crippen molar-refractivity contribution in [3.05, 3.63) is 10.6 Å². The van der Waals surface area contributed by atoms with Gasteiger partial charge in [-0.3, -0.25) is 0 Å². The van der Waals surface area contributed by atoms with Crippen molar-refractivity contribution < 1.29 is 0 Å². The third-order valence-corrected chi connectivity index (χ3v) is 3.99. The quantitative estimate of drug-likeness (QED) is 0.681. The van der Waals surface area contributed by atoms with Gasteiger partial charge in [-0.25, -0.2) is 0 Å². The lowest BCUT2D eigenvalue weighted by Gasteiger charge is -2.16. The number of aromatic nitrogens is 2. The van der Waals surface area contributed by atoms with Crippen molar-refractivity contribution in [1.29, 1.82) is 0 Å². The van der Waals surface area contributed by atoms with Crippen molar-refractivity contribution in [1.82, 2.24) is 14.9 Å². The van der Waals surface area contributed by atoms with Gasteiger partial charge in [-0.15, -0.1) is 5.10 Å². The summed E-state index contributed by atoms with van der Waals surface area (Å²) in [5, 5.41) is 7.65. The van der Waals surface area contributed by atoms with E-state index in [4.69, 9.17) is 0 Å². The van der Waals surface area contributed by atoms with Crippen LogP contribution in [0.4, 0.5) is 0 Å². The molecule has 0 fully saturated rings. The summed E-state index contributed by atoms with van der Waals surface area (Å²) in [6.45, 7) is 7.49. The van der Waals surface area contributed by atoms with Crippen LogP contribution in [-0.2, 0) is 0 Å². The third-order valence-electron chi connectivity index (χ3n) is 3.05. The van der Waals surface area contributed by atoms with Gasteiger partial charge < -0.3 is 5.32 Å². The van der Waals surface area contributed by atoms with Crippen LogP contribution in [-0.4, -0.2) is 16.1 Å². The van der Waals surface area contributed by atoms with Gasteiger partial charge in [-0.2, -0.15) is 0 Å². The largest absolute Gasteiger partial charge is 0.309 e. The Morgan fingerprint density at radius 1 is 1.18 bits per heavy atom. The molecule has 0 aliphatic heterocycles. The molecule has 1 unspecified atom stereocenters. The van der Waals surface area contributed by atoms with E-state index >= 15 is 0 Å². The number of hydrogen-bond donors (Lipinski definition) is 1. The van der Waals surface area contributed by atoms with Crippen LogP contribution in [0.1, 0.15) is 69.0 Å². The van der Waals surface area contributed by atoms with Gasteiger partial charge in [-0.05, 0) is 31.4 Å².